The van der Waals surface area contributed by atoms with Crippen molar-refractivity contribution in [1.29, 1.82) is 0 Å². The first kappa shape index (κ1) is 11.9. The van der Waals surface area contributed by atoms with Gasteiger partial charge in [0.2, 0.25) is 0 Å². The van der Waals surface area contributed by atoms with Crippen LogP contribution in [0.25, 0.3) is 0 Å². The summed E-state index contributed by atoms with van der Waals surface area (Å²) in [7, 11) is 0. The van der Waals surface area contributed by atoms with Gasteiger partial charge in [-0.1, -0.05) is 12.8 Å². The first-order valence-electron chi connectivity index (χ1n) is 6.64. The lowest BCUT2D eigenvalue weighted by Crippen LogP contribution is -2.59. The molecule has 18 heavy (non-hydrogen) atoms. The van der Waals surface area contributed by atoms with Crippen molar-refractivity contribution in [2.24, 2.45) is 0 Å². The lowest BCUT2D eigenvalue weighted by molar-refractivity contribution is 0.303. The molecule has 3 rings (SSSR count). The highest BCUT2D eigenvalue weighted by atomic mass is 19.2. The minimum atomic E-state index is -0.774. The highest BCUT2D eigenvalue weighted by Gasteiger charge is 2.37. The Morgan fingerprint density at radius 3 is 2.61 bits per heavy atom. The van der Waals surface area contributed by atoms with E-state index in [2.05, 4.69) is 10.2 Å². The molecular weight excluding hydrogens is 234 g/mol. The van der Waals surface area contributed by atoms with E-state index >= 15 is 0 Å². The molecule has 0 unspecified atom stereocenters. The molecule has 2 aliphatic rings. The molecule has 1 heterocycles. The molecule has 1 saturated carbocycles. The number of hydrogen-bond acceptors (Lipinski definition) is 2. The second kappa shape index (κ2) is 4.50. The fourth-order valence-electron chi connectivity index (χ4n) is 3.25. The molecule has 1 aliphatic heterocycles. The Hall–Kier alpha value is -1.16. The van der Waals surface area contributed by atoms with E-state index in [1.165, 1.54) is 37.8 Å². The van der Waals surface area contributed by atoms with Gasteiger partial charge < -0.3 is 10.2 Å². The zero-order valence-electron chi connectivity index (χ0n) is 10.4. The summed E-state index contributed by atoms with van der Waals surface area (Å²) < 4.78 is 26.2. The lowest BCUT2D eigenvalue weighted by atomic mass is 9.94. The van der Waals surface area contributed by atoms with E-state index in [1.807, 2.05) is 0 Å². The molecule has 0 amide bonds. The zero-order chi connectivity index (χ0) is 12.6. The van der Waals surface area contributed by atoms with Gasteiger partial charge in [0.1, 0.15) is 0 Å². The van der Waals surface area contributed by atoms with Crippen LogP contribution in [0.4, 0.5) is 14.5 Å². The van der Waals surface area contributed by atoms with Crippen molar-refractivity contribution in [2.75, 3.05) is 24.5 Å². The number of nitrogens with one attached hydrogen (secondary N) is 1. The predicted molar refractivity (Wildman–Crippen MR) is 67.8 cm³/mol. The summed E-state index contributed by atoms with van der Waals surface area (Å²) in [5.74, 6) is -1.53. The summed E-state index contributed by atoms with van der Waals surface area (Å²) in [4.78, 5) is 2.17. The summed E-state index contributed by atoms with van der Waals surface area (Å²) >= 11 is 0. The van der Waals surface area contributed by atoms with Crippen molar-refractivity contribution >= 4 is 5.69 Å². The number of anilines is 1. The topological polar surface area (TPSA) is 15.3 Å². The molecular formula is C14H18F2N2. The van der Waals surface area contributed by atoms with Crippen LogP contribution < -0.4 is 10.2 Å². The Kier molecular flexibility index (Phi) is 2.98. The van der Waals surface area contributed by atoms with Gasteiger partial charge in [0.25, 0.3) is 0 Å². The van der Waals surface area contributed by atoms with Gasteiger partial charge in [-0.3, -0.25) is 0 Å². The molecule has 1 aliphatic carbocycles. The van der Waals surface area contributed by atoms with E-state index in [0.717, 1.165) is 25.3 Å². The quantitative estimate of drug-likeness (QED) is 0.826. The summed E-state index contributed by atoms with van der Waals surface area (Å²) in [6, 6.07) is 4.20. The van der Waals surface area contributed by atoms with Gasteiger partial charge in [-0.25, -0.2) is 8.78 Å². The minimum absolute atomic E-state index is 0.198. The van der Waals surface area contributed by atoms with Crippen LogP contribution in [-0.4, -0.2) is 25.2 Å². The third-order valence-corrected chi connectivity index (χ3v) is 4.20. The SMILES string of the molecule is Fc1ccc(N2CCNC3(CCCC3)C2)cc1F. The van der Waals surface area contributed by atoms with Crippen molar-refractivity contribution in [1.82, 2.24) is 5.32 Å². The van der Waals surface area contributed by atoms with Crippen LogP contribution in [0.3, 0.4) is 0 Å². The Balaban J connectivity index is 1.81. The monoisotopic (exact) mass is 252 g/mol. The molecule has 1 aromatic rings. The molecule has 1 N–H and O–H groups in total. The fourth-order valence-corrected chi connectivity index (χ4v) is 3.25. The molecule has 0 bridgehead atoms. The zero-order valence-corrected chi connectivity index (χ0v) is 10.4. The molecule has 0 atom stereocenters. The highest BCUT2D eigenvalue weighted by Crippen LogP contribution is 2.33. The summed E-state index contributed by atoms with van der Waals surface area (Å²) in [6.45, 7) is 2.67. The normalized spacial score (nSPS) is 22.7. The smallest absolute Gasteiger partial charge is 0.160 e. The second-order valence-electron chi connectivity index (χ2n) is 5.43. The van der Waals surface area contributed by atoms with Gasteiger partial charge in [0.05, 0.1) is 0 Å². The van der Waals surface area contributed by atoms with Gasteiger partial charge in [-0.05, 0) is 25.0 Å². The number of piperazine rings is 1. The van der Waals surface area contributed by atoms with Crippen LogP contribution in [-0.2, 0) is 0 Å². The van der Waals surface area contributed by atoms with E-state index in [0.29, 0.717) is 0 Å². The van der Waals surface area contributed by atoms with Crippen LogP contribution in [0, 0.1) is 11.6 Å². The van der Waals surface area contributed by atoms with Gasteiger partial charge in [-0.2, -0.15) is 0 Å². The number of nitrogens with zero attached hydrogens (tertiary/aromatic N) is 1. The van der Waals surface area contributed by atoms with Gasteiger partial charge >= 0.3 is 0 Å². The van der Waals surface area contributed by atoms with Crippen LogP contribution in [0.15, 0.2) is 18.2 Å². The van der Waals surface area contributed by atoms with Gasteiger partial charge in [0, 0.05) is 36.9 Å². The van der Waals surface area contributed by atoms with Gasteiger partial charge in [0.15, 0.2) is 11.6 Å². The molecule has 1 saturated heterocycles. The van der Waals surface area contributed by atoms with Crippen molar-refractivity contribution in [3.63, 3.8) is 0 Å². The highest BCUT2D eigenvalue weighted by molar-refractivity contribution is 5.48. The van der Waals surface area contributed by atoms with E-state index in [4.69, 9.17) is 0 Å². The van der Waals surface area contributed by atoms with Crippen LogP contribution in [0.2, 0.25) is 0 Å². The number of halogens is 2. The molecule has 2 nitrogen and oxygen atoms in total. The first-order chi connectivity index (χ1) is 8.69. The maximum absolute atomic E-state index is 13.3. The third-order valence-electron chi connectivity index (χ3n) is 4.20. The molecule has 98 valence electrons. The molecule has 2 fully saturated rings. The number of rotatable bonds is 1. The Morgan fingerprint density at radius 1 is 1.11 bits per heavy atom. The van der Waals surface area contributed by atoms with Crippen LogP contribution in [0.5, 0.6) is 0 Å². The van der Waals surface area contributed by atoms with E-state index in [1.54, 1.807) is 6.07 Å². The first-order valence-corrected chi connectivity index (χ1v) is 6.64. The molecule has 1 aromatic carbocycles. The van der Waals surface area contributed by atoms with Crippen molar-refractivity contribution < 1.29 is 8.78 Å². The van der Waals surface area contributed by atoms with Gasteiger partial charge in [-0.15, -0.1) is 0 Å². The molecule has 4 heteroatoms. The lowest BCUT2D eigenvalue weighted by Gasteiger charge is -2.42. The Morgan fingerprint density at radius 2 is 1.89 bits per heavy atom. The van der Waals surface area contributed by atoms with Crippen molar-refractivity contribution in [3.8, 4) is 0 Å². The molecule has 0 aromatic heterocycles. The number of hydrogen-bond donors (Lipinski definition) is 1. The van der Waals surface area contributed by atoms with E-state index in [-0.39, 0.29) is 5.54 Å². The predicted octanol–water partition coefficient (Wildman–Crippen LogP) is 2.69. The van der Waals surface area contributed by atoms with Crippen molar-refractivity contribution in [2.45, 2.75) is 31.2 Å². The summed E-state index contributed by atoms with van der Waals surface area (Å²) in [6.07, 6.45) is 4.90. The maximum atomic E-state index is 13.3. The maximum Gasteiger partial charge on any atom is 0.160 e. The summed E-state index contributed by atoms with van der Waals surface area (Å²) in [5, 5.41) is 3.61. The largest absolute Gasteiger partial charge is 0.368 e. The average molecular weight is 252 g/mol. The Bertz CT molecular complexity index is 441. The van der Waals surface area contributed by atoms with Crippen LogP contribution in [0.1, 0.15) is 25.7 Å². The Labute approximate surface area is 106 Å². The third kappa shape index (κ3) is 2.09. The average Bonchev–Trinajstić information content (AvgIpc) is 2.81. The minimum Gasteiger partial charge on any atom is -0.368 e. The standard InChI is InChI=1S/C14H18F2N2/c15-12-4-3-11(9-13(12)16)18-8-7-17-14(10-18)5-1-2-6-14/h3-4,9,17H,1-2,5-8,10H2. The molecule has 1 spiro atoms. The molecule has 0 radical (unpaired) electrons. The summed E-state index contributed by atoms with van der Waals surface area (Å²) in [5.41, 5.74) is 0.991. The second-order valence-corrected chi connectivity index (χ2v) is 5.43. The van der Waals surface area contributed by atoms with Crippen LogP contribution >= 0.6 is 0 Å². The number of benzene rings is 1. The van der Waals surface area contributed by atoms with E-state index < -0.39 is 11.6 Å². The fraction of sp³-hybridized carbons (Fsp3) is 0.571. The van der Waals surface area contributed by atoms with E-state index in [9.17, 15) is 8.78 Å². The van der Waals surface area contributed by atoms with Crippen molar-refractivity contribution in [3.05, 3.63) is 29.8 Å².